The highest BCUT2D eigenvalue weighted by atomic mass is 32.1. The Hall–Kier alpha value is -2.25. The van der Waals surface area contributed by atoms with Crippen molar-refractivity contribution in [2.45, 2.75) is 19.0 Å². The van der Waals surface area contributed by atoms with Gasteiger partial charge in [-0.2, -0.15) is 0 Å². The van der Waals surface area contributed by atoms with Crippen LogP contribution in [0.5, 0.6) is 11.5 Å². The van der Waals surface area contributed by atoms with Gasteiger partial charge < -0.3 is 25.0 Å². The first-order valence-corrected chi connectivity index (χ1v) is 9.56. The minimum atomic E-state index is -0.184. The first-order chi connectivity index (χ1) is 12.5. The molecule has 1 aliphatic heterocycles. The molecule has 26 heavy (non-hydrogen) atoms. The van der Waals surface area contributed by atoms with Crippen molar-refractivity contribution in [1.82, 2.24) is 15.5 Å². The van der Waals surface area contributed by atoms with Crippen LogP contribution in [0.4, 0.5) is 4.79 Å². The Morgan fingerprint density at radius 1 is 1.23 bits per heavy atom. The highest BCUT2D eigenvalue weighted by Gasteiger charge is 2.18. The predicted molar refractivity (Wildman–Crippen MR) is 103 cm³/mol. The number of nitrogens with one attached hydrogen (secondary N) is 2. The molecule has 7 heteroatoms. The number of hydrogen-bond acceptors (Lipinski definition) is 5. The van der Waals surface area contributed by atoms with Crippen LogP contribution in [0.2, 0.25) is 0 Å². The van der Waals surface area contributed by atoms with Crippen molar-refractivity contribution in [1.29, 1.82) is 0 Å². The number of amides is 2. The maximum absolute atomic E-state index is 12.3. The molecule has 1 aromatic carbocycles. The molecule has 3 rings (SSSR count). The van der Waals surface area contributed by atoms with Crippen LogP contribution in [0.1, 0.15) is 29.4 Å². The maximum Gasteiger partial charge on any atom is 0.315 e. The molecule has 0 spiro atoms. The van der Waals surface area contributed by atoms with Crippen molar-refractivity contribution >= 4 is 17.4 Å². The van der Waals surface area contributed by atoms with E-state index in [1.165, 1.54) is 4.88 Å². The summed E-state index contributed by atoms with van der Waals surface area (Å²) in [6.07, 6.45) is 0. The lowest BCUT2D eigenvalue weighted by Gasteiger charge is -2.24. The number of fused-ring (bicyclic) bond motifs is 1. The molecule has 2 N–H and O–H groups in total. The van der Waals surface area contributed by atoms with Crippen LogP contribution < -0.4 is 20.1 Å². The smallest absolute Gasteiger partial charge is 0.315 e. The van der Waals surface area contributed by atoms with E-state index in [2.05, 4.69) is 27.0 Å². The van der Waals surface area contributed by atoms with Gasteiger partial charge in [0.25, 0.3) is 0 Å². The second-order valence-corrected chi connectivity index (χ2v) is 7.45. The van der Waals surface area contributed by atoms with Crippen LogP contribution in [-0.4, -0.2) is 44.8 Å². The number of hydrogen-bond donors (Lipinski definition) is 2. The molecular weight excluding hydrogens is 350 g/mol. The normalized spacial score (nSPS) is 15.4. The van der Waals surface area contributed by atoms with Gasteiger partial charge in [0.2, 0.25) is 0 Å². The molecule has 2 heterocycles. The van der Waals surface area contributed by atoms with Gasteiger partial charge in [0.15, 0.2) is 11.5 Å². The van der Waals surface area contributed by atoms with E-state index in [9.17, 15) is 4.79 Å². The second-order valence-electron chi connectivity index (χ2n) is 6.47. The van der Waals surface area contributed by atoms with Crippen molar-refractivity contribution in [3.05, 3.63) is 46.2 Å². The number of benzene rings is 1. The Morgan fingerprint density at radius 3 is 2.69 bits per heavy atom. The van der Waals surface area contributed by atoms with E-state index in [1.54, 1.807) is 11.3 Å². The van der Waals surface area contributed by atoms with Gasteiger partial charge in [0, 0.05) is 11.4 Å². The fourth-order valence-corrected chi connectivity index (χ4v) is 3.79. The van der Waals surface area contributed by atoms with Gasteiger partial charge in [-0.25, -0.2) is 4.79 Å². The Morgan fingerprint density at radius 2 is 2.00 bits per heavy atom. The average Bonchev–Trinajstić information content (AvgIpc) is 3.15. The van der Waals surface area contributed by atoms with Gasteiger partial charge in [0.05, 0.1) is 12.1 Å². The summed E-state index contributed by atoms with van der Waals surface area (Å²) in [6.45, 7) is 3.62. The van der Waals surface area contributed by atoms with Gasteiger partial charge in [-0.05, 0) is 50.2 Å². The number of carbonyl (C=O) groups is 1. The Bertz CT molecular complexity index is 734. The molecule has 140 valence electrons. The quantitative estimate of drug-likeness (QED) is 0.814. The molecule has 6 nitrogen and oxygen atoms in total. The van der Waals surface area contributed by atoms with Gasteiger partial charge >= 0.3 is 6.03 Å². The summed E-state index contributed by atoms with van der Waals surface area (Å²) in [5.74, 6) is 1.48. The summed E-state index contributed by atoms with van der Waals surface area (Å²) < 4.78 is 11.1. The zero-order valence-corrected chi connectivity index (χ0v) is 16.1. The molecule has 2 unspecified atom stereocenters. The van der Waals surface area contributed by atoms with Gasteiger partial charge in [-0.15, -0.1) is 11.3 Å². The number of carbonyl (C=O) groups excluding carboxylic acids is 1. The molecule has 0 bridgehead atoms. The highest BCUT2D eigenvalue weighted by molar-refractivity contribution is 7.10. The van der Waals surface area contributed by atoms with E-state index >= 15 is 0 Å². The van der Waals surface area contributed by atoms with Crippen molar-refractivity contribution in [3.8, 4) is 11.5 Å². The predicted octanol–water partition coefficient (Wildman–Crippen LogP) is 3.18. The number of urea groups is 1. The Kier molecular flexibility index (Phi) is 6.00. The molecule has 1 aliphatic rings. The minimum absolute atomic E-state index is 0.134. The summed E-state index contributed by atoms with van der Waals surface area (Å²) in [7, 11) is 4.03. The summed E-state index contributed by atoms with van der Waals surface area (Å²) in [5.41, 5.74) is 0.979. The van der Waals surface area contributed by atoms with E-state index in [0.29, 0.717) is 19.8 Å². The first kappa shape index (κ1) is 18.5. The van der Waals surface area contributed by atoms with Crippen LogP contribution in [0, 0.1) is 0 Å². The molecular formula is C19H25N3O3S. The van der Waals surface area contributed by atoms with Crippen molar-refractivity contribution in [2.75, 3.05) is 33.9 Å². The topological polar surface area (TPSA) is 62.8 Å². The monoisotopic (exact) mass is 375 g/mol. The van der Waals surface area contributed by atoms with Crippen LogP contribution in [0.15, 0.2) is 35.7 Å². The standard InChI is InChI=1S/C19H25N3O3S/c1-13(14-6-7-16-17(11-14)25-9-8-24-16)21-19(23)20-12-15(22(2)3)18-5-4-10-26-18/h4-7,10-11,13,15H,8-9,12H2,1-3H3,(H2,20,21,23). The van der Waals surface area contributed by atoms with Crippen LogP contribution in [0.3, 0.4) is 0 Å². The van der Waals surface area contributed by atoms with Gasteiger partial charge in [-0.1, -0.05) is 12.1 Å². The van der Waals surface area contributed by atoms with Crippen LogP contribution >= 0.6 is 11.3 Å². The molecule has 0 aliphatic carbocycles. The molecule has 0 saturated carbocycles. The maximum atomic E-state index is 12.3. The number of nitrogens with zero attached hydrogens (tertiary/aromatic N) is 1. The zero-order valence-electron chi connectivity index (χ0n) is 15.3. The lowest BCUT2D eigenvalue weighted by atomic mass is 10.1. The number of ether oxygens (including phenoxy) is 2. The van der Waals surface area contributed by atoms with Gasteiger partial charge in [0.1, 0.15) is 13.2 Å². The molecule has 0 radical (unpaired) electrons. The van der Waals surface area contributed by atoms with Crippen molar-refractivity contribution in [3.63, 3.8) is 0 Å². The average molecular weight is 375 g/mol. The first-order valence-electron chi connectivity index (χ1n) is 8.68. The van der Waals surface area contributed by atoms with Crippen molar-refractivity contribution < 1.29 is 14.3 Å². The lowest BCUT2D eigenvalue weighted by Crippen LogP contribution is -2.41. The number of likely N-dealkylation sites (N-methyl/N-ethyl adjacent to an activating group) is 1. The lowest BCUT2D eigenvalue weighted by molar-refractivity contribution is 0.171. The molecule has 0 saturated heterocycles. The van der Waals surface area contributed by atoms with Crippen LogP contribution in [-0.2, 0) is 0 Å². The number of rotatable bonds is 6. The molecule has 2 aromatic rings. The summed E-state index contributed by atoms with van der Waals surface area (Å²) in [4.78, 5) is 15.7. The second kappa shape index (κ2) is 8.42. The Balaban J connectivity index is 1.55. The van der Waals surface area contributed by atoms with E-state index in [1.807, 2.05) is 45.3 Å². The van der Waals surface area contributed by atoms with E-state index in [-0.39, 0.29) is 18.1 Å². The number of thiophene rings is 1. The molecule has 2 amide bonds. The fourth-order valence-electron chi connectivity index (χ4n) is 2.87. The van der Waals surface area contributed by atoms with E-state index < -0.39 is 0 Å². The van der Waals surface area contributed by atoms with Crippen LogP contribution in [0.25, 0.3) is 0 Å². The van der Waals surface area contributed by atoms with Crippen molar-refractivity contribution in [2.24, 2.45) is 0 Å². The summed E-state index contributed by atoms with van der Waals surface area (Å²) in [5, 5.41) is 8.01. The third kappa shape index (κ3) is 4.47. The third-order valence-corrected chi connectivity index (χ3v) is 5.34. The SMILES string of the molecule is CC(NC(=O)NCC(c1cccs1)N(C)C)c1ccc2c(c1)OCCO2. The molecule has 1 aromatic heterocycles. The van der Waals surface area contributed by atoms with E-state index in [4.69, 9.17) is 9.47 Å². The third-order valence-electron chi connectivity index (χ3n) is 4.36. The summed E-state index contributed by atoms with van der Waals surface area (Å²) in [6, 6.07) is 9.72. The summed E-state index contributed by atoms with van der Waals surface area (Å²) >= 11 is 1.70. The highest BCUT2D eigenvalue weighted by Crippen LogP contribution is 2.32. The Labute approximate surface area is 158 Å². The van der Waals surface area contributed by atoms with E-state index in [0.717, 1.165) is 17.1 Å². The zero-order chi connectivity index (χ0) is 18.5. The largest absolute Gasteiger partial charge is 0.486 e. The molecule has 2 atom stereocenters. The van der Waals surface area contributed by atoms with Gasteiger partial charge in [-0.3, -0.25) is 0 Å². The molecule has 0 fully saturated rings. The fraction of sp³-hybridized carbons (Fsp3) is 0.421. The minimum Gasteiger partial charge on any atom is -0.486 e.